The smallest absolute Gasteiger partial charge is 0.322 e. The largest absolute Gasteiger partial charge is 0.494 e. The van der Waals surface area contributed by atoms with Crippen molar-refractivity contribution in [1.29, 1.82) is 0 Å². The van der Waals surface area contributed by atoms with E-state index in [2.05, 4.69) is 21.6 Å². The number of ether oxygens (including phenoxy) is 1. The van der Waals surface area contributed by atoms with E-state index in [1.807, 2.05) is 24.3 Å². The van der Waals surface area contributed by atoms with E-state index in [1.54, 1.807) is 36.7 Å². The molecule has 0 aliphatic carbocycles. The molecular formula is C32H34ClN3O5S. The van der Waals surface area contributed by atoms with Crippen LogP contribution in [0.5, 0.6) is 5.75 Å². The molecule has 0 aliphatic heterocycles. The topological polar surface area (TPSA) is 118 Å². The number of aromatic nitrogens is 2. The molecule has 10 heteroatoms. The molecule has 0 bridgehead atoms. The first-order valence-electron chi connectivity index (χ1n) is 13.9. The molecule has 4 aromatic rings. The minimum Gasteiger partial charge on any atom is -0.494 e. The Morgan fingerprint density at radius 1 is 0.857 bits per heavy atom. The maximum Gasteiger partial charge on any atom is 0.322 e. The van der Waals surface area contributed by atoms with Gasteiger partial charge in [-0.25, -0.2) is 18.4 Å². The van der Waals surface area contributed by atoms with Crippen molar-refractivity contribution in [3.8, 4) is 28.3 Å². The Labute approximate surface area is 251 Å². The molecule has 8 nitrogen and oxygen atoms in total. The van der Waals surface area contributed by atoms with Crippen molar-refractivity contribution in [2.45, 2.75) is 56.4 Å². The minimum absolute atomic E-state index is 0.0409. The second kappa shape index (κ2) is 14.9. The van der Waals surface area contributed by atoms with Crippen molar-refractivity contribution >= 4 is 27.6 Å². The number of aliphatic carboxylic acids is 1. The lowest BCUT2D eigenvalue weighted by molar-refractivity contribution is -0.138. The number of halogens is 1. The first-order valence-corrected chi connectivity index (χ1v) is 15.8. The van der Waals surface area contributed by atoms with Gasteiger partial charge in [-0.1, -0.05) is 80.6 Å². The summed E-state index contributed by atoms with van der Waals surface area (Å²) >= 11 is 5.83. The van der Waals surface area contributed by atoms with Crippen molar-refractivity contribution < 1.29 is 23.1 Å². The quantitative estimate of drug-likeness (QED) is 0.143. The molecule has 220 valence electrons. The van der Waals surface area contributed by atoms with Crippen molar-refractivity contribution in [1.82, 2.24) is 14.7 Å². The highest BCUT2D eigenvalue weighted by atomic mass is 35.5. The highest BCUT2D eigenvalue weighted by Crippen LogP contribution is 2.24. The number of carboxylic acid groups (broad SMARTS) is 1. The Balaban J connectivity index is 1.35. The van der Waals surface area contributed by atoms with E-state index in [-0.39, 0.29) is 11.3 Å². The van der Waals surface area contributed by atoms with E-state index >= 15 is 0 Å². The average molecular weight is 608 g/mol. The van der Waals surface area contributed by atoms with Crippen molar-refractivity contribution in [3.63, 3.8) is 0 Å². The van der Waals surface area contributed by atoms with Gasteiger partial charge in [-0.15, -0.1) is 0 Å². The summed E-state index contributed by atoms with van der Waals surface area (Å²) in [5.74, 6) is 0.0823. The van der Waals surface area contributed by atoms with Crippen LogP contribution >= 0.6 is 11.6 Å². The molecule has 42 heavy (non-hydrogen) atoms. The number of nitrogens with zero attached hydrogens (tertiary/aromatic N) is 2. The molecule has 3 aromatic carbocycles. The van der Waals surface area contributed by atoms with Crippen LogP contribution in [0.1, 0.15) is 44.6 Å². The number of benzene rings is 3. The molecule has 4 rings (SSSR count). The van der Waals surface area contributed by atoms with Crippen LogP contribution in [-0.2, 0) is 21.2 Å². The van der Waals surface area contributed by atoms with E-state index in [9.17, 15) is 18.3 Å². The van der Waals surface area contributed by atoms with Gasteiger partial charge in [0.2, 0.25) is 10.0 Å². The predicted octanol–water partition coefficient (Wildman–Crippen LogP) is 6.79. The molecule has 1 atom stereocenters. The van der Waals surface area contributed by atoms with Crippen LogP contribution in [-0.4, -0.2) is 42.1 Å². The molecule has 1 aromatic heterocycles. The molecule has 0 aliphatic rings. The van der Waals surface area contributed by atoms with E-state index in [0.717, 1.165) is 35.5 Å². The fourth-order valence-electron chi connectivity index (χ4n) is 4.34. The first-order chi connectivity index (χ1) is 20.2. The van der Waals surface area contributed by atoms with Gasteiger partial charge in [0, 0.05) is 28.5 Å². The second-order valence-corrected chi connectivity index (χ2v) is 12.1. The van der Waals surface area contributed by atoms with Crippen molar-refractivity contribution in [3.05, 3.63) is 95.8 Å². The molecule has 2 N–H and O–H groups in total. The summed E-state index contributed by atoms with van der Waals surface area (Å²) < 4.78 is 33.5. The van der Waals surface area contributed by atoms with Gasteiger partial charge in [-0.05, 0) is 60.4 Å². The van der Waals surface area contributed by atoms with Crippen LogP contribution in [0.4, 0.5) is 0 Å². The SMILES string of the molecule is CCCCCCCOc1ccc(-c2cnc(-c3ccc(CC(NS(=O)(=O)c4ccc(Cl)cc4)C(=O)O)cc3)nc2)cc1. The van der Waals surface area contributed by atoms with Crippen LogP contribution in [0.2, 0.25) is 5.02 Å². The molecule has 0 amide bonds. The lowest BCUT2D eigenvalue weighted by Gasteiger charge is -2.15. The number of unbranched alkanes of at least 4 members (excludes halogenated alkanes) is 4. The van der Waals surface area contributed by atoms with Crippen LogP contribution in [0.25, 0.3) is 22.5 Å². The maximum absolute atomic E-state index is 12.7. The Kier molecular flexibility index (Phi) is 11.1. The molecule has 0 saturated heterocycles. The molecular weight excluding hydrogens is 574 g/mol. The van der Waals surface area contributed by atoms with Crippen molar-refractivity contribution in [2.75, 3.05) is 6.61 Å². The van der Waals surface area contributed by atoms with Crippen LogP contribution in [0.15, 0.2) is 90.1 Å². The van der Waals surface area contributed by atoms with Crippen LogP contribution < -0.4 is 9.46 Å². The molecule has 1 unspecified atom stereocenters. The minimum atomic E-state index is -4.05. The van der Waals surface area contributed by atoms with E-state index in [0.29, 0.717) is 16.4 Å². The zero-order valence-electron chi connectivity index (χ0n) is 23.4. The molecule has 0 spiro atoms. The summed E-state index contributed by atoms with van der Waals surface area (Å²) in [5.41, 5.74) is 3.25. The second-order valence-electron chi connectivity index (χ2n) is 9.95. The maximum atomic E-state index is 12.7. The van der Waals surface area contributed by atoms with Gasteiger partial charge in [-0.3, -0.25) is 4.79 Å². The number of sulfonamides is 1. The zero-order chi connectivity index (χ0) is 30.0. The lowest BCUT2D eigenvalue weighted by Crippen LogP contribution is -2.42. The van der Waals surface area contributed by atoms with Gasteiger partial charge in [0.15, 0.2) is 5.82 Å². The third-order valence-electron chi connectivity index (χ3n) is 6.73. The Bertz CT molecular complexity index is 1540. The summed E-state index contributed by atoms with van der Waals surface area (Å²) in [6, 6.07) is 19.1. The van der Waals surface area contributed by atoms with Gasteiger partial charge in [-0.2, -0.15) is 4.72 Å². The van der Waals surface area contributed by atoms with Crippen LogP contribution in [0, 0.1) is 0 Å². The first kappa shape index (κ1) is 31.2. The van der Waals surface area contributed by atoms with Crippen molar-refractivity contribution in [2.24, 2.45) is 0 Å². The number of hydrogen-bond acceptors (Lipinski definition) is 6. The monoisotopic (exact) mass is 607 g/mol. The standard InChI is InChI=1S/C32H34ClN3O5S/c1-2-3-4-5-6-19-41-28-15-11-24(12-16-28)26-21-34-31(35-22-26)25-9-7-23(8-10-25)20-30(32(37)38)36-42(39,40)29-17-13-27(33)14-18-29/h7-18,21-22,30,36H,2-6,19-20H2,1H3,(H,37,38). The number of carboxylic acids is 1. The summed E-state index contributed by atoms with van der Waals surface area (Å²) in [6.07, 6.45) is 9.47. The highest BCUT2D eigenvalue weighted by molar-refractivity contribution is 7.89. The number of rotatable bonds is 15. The average Bonchev–Trinajstić information content (AvgIpc) is 2.99. The molecule has 0 saturated carbocycles. The fourth-order valence-corrected chi connectivity index (χ4v) is 5.65. The summed E-state index contributed by atoms with van der Waals surface area (Å²) in [5, 5.41) is 10.0. The van der Waals surface area contributed by atoms with E-state index in [4.69, 9.17) is 16.3 Å². The molecule has 0 radical (unpaired) electrons. The highest BCUT2D eigenvalue weighted by Gasteiger charge is 2.25. The molecule has 0 fully saturated rings. The normalized spacial score (nSPS) is 12.1. The number of carbonyl (C=O) groups is 1. The lowest BCUT2D eigenvalue weighted by atomic mass is 10.0. The van der Waals surface area contributed by atoms with Crippen LogP contribution in [0.3, 0.4) is 0 Å². The Hall–Kier alpha value is -3.79. The summed E-state index contributed by atoms with van der Waals surface area (Å²) in [6.45, 7) is 2.92. The van der Waals surface area contributed by atoms with Gasteiger partial charge in [0.05, 0.1) is 11.5 Å². The summed E-state index contributed by atoms with van der Waals surface area (Å²) in [4.78, 5) is 20.8. The van der Waals surface area contributed by atoms with E-state index < -0.39 is 22.0 Å². The molecule has 1 heterocycles. The van der Waals surface area contributed by atoms with Gasteiger partial charge < -0.3 is 9.84 Å². The fraction of sp³-hybridized carbons (Fsp3) is 0.281. The number of nitrogens with one attached hydrogen (secondary N) is 1. The number of hydrogen-bond donors (Lipinski definition) is 2. The summed E-state index contributed by atoms with van der Waals surface area (Å²) in [7, 11) is -4.05. The third kappa shape index (κ3) is 8.85. The predicted molar refractivity (Wildman–Crippen MR) is 164 cm³/mol. The van der Waals surface area contributed by atoms with Gasteiger partial charge >= 0.3 is 5.97 Å². The van der Waals surface area contributed by atoms with Gasteiger partial charge in [0.25, 0.3) is 0 Å². The Morgan fingerprint density at radius 2 is 1.48 bits per heavy atom. The van der Waals surface area contributed by atoms with Gasteiger partial charge in [0.1, 0.15) is 11.8 Å². The zero-order valence-corrected chi connectivity index (χ0v) is 24.9. The third-order valence-corrected chi connectivity index (χ3v) is 8.47. The van der Waals surface area contributed by atoms with E-state index in [1.165, 1.54) is 49.9 Å². The Morgan fingerprint density at radius 3 is 2.10 bits per heavy atom.